The molecule has 0 amide bonds. The molecule has 0 spiro atoms. The Morgan fingerprint density at radius 3 is 2.23 bits per heavy atom. The molecule has 0 fully saturated rings. The number of ether oxygens (including phenoxy) is 1. The van der Waals surface area contributed by atoms with E-state index in [4.69, 9.17) is 9.72 Å². The van der Waals surface area contributed by atoms with Crippen LogP contribution in [0.2, 0.25) is 0 Å². The van der Waals surface area contributed by atoms with Crippen LogP contribution >= 0.6 is 0 Å². The zero-order valence-electron chi connectivity index (χ0n) is 26.0. The first-order chi connectivity index (χ1) is 22.4. The Morgan fingerprint density at radius 2 is 1.47 bits per heavy atom. The third-order valence-corrected chi connectivity index (χ3v) is 8.43. The molecular formula is C40H30FN4OPt-3. The Labute approximate surface area is 288 Å². The van der Waals surface area contributed by atoms with E-state index in [1.165, 1.54) is 6.07 Å². The van der Waals surface area contributed by atoms with Gasteiger partial charge in [-0.1, -0.05) is 61.8 Å². The number of aryl methyl sites for hydroxylation is 1. The Balaban J connectivity index is 0.00000351. The molecule has 0 saturated carbocycles. The molecule has 1 aliphatic heterocycles. The second-order valence-electron chi connectivity index (χ2n) is 11.8. The van der Waals surface area contributed by atoms with Gasteiger partial charge in [-0.25, -0.2) is 9.37 Å². The van der Waals surface area contributed by atoms with Crippen LogP contribution < -0.4 is 14.5 Å². The molecule has 0 unspecified atom stereocenters. The quantitative estimate of drug-likeness (QED) is 0.157. The number of benzene rings is 5. The maximum Gasteiger partial charge on any atom is 0.144 e. The van der Waals surface area contributed by atoms with Crippen molar-refractivity contribution >= 4 is 44.6 Å². The molecule has 0 radical (unpaired) electrons. The van der Waals surface area contributed by atoms with E-state index in [1.54, 1.807) is 12.1 Å². The van der Waals surface area contributed by atoms with E-state index >= 15 is 0 Å². The predicted molar refractivity (Wildman–Crippen MR) is 183 cm³/mol. The average molecular weight is 797 g/mol. The monoisotopic (exact) mass is 796 g/mol. The normalized spacial score (nSPS) is 12.5. The standard InChI is InChI=1S/C40H30FN4O.Pt/c1-26(2)28-21-29(43-25-44(36-13-7-5-11-34(36)41)38-15-9-8-14-37(38)43)23-31(22-28)46-30-16-17-33-32-10-4-6-12-35(32)45(39(33)24-30)40-20-27(3)18-19-42-40;/h4-22,25-26H,1-3H3;/q-3;. The minimum atomic E-state index is -0.288. The number of fused-ring (bicyclic) bond motifs is 4. The molecule has 1 aliphatic rings. The van der Waals surface area contributed by atoms with Crippen molar-refractivity contribution in [3.05, 3.63) is 151 Å². The summed E-state index contributed by atoms with van der Waals surface area (Å²) in [6.45, 7) is 8.29. The third kappa shape index (κ3) is 5.47. The fraction of sp³-hybridized carbons (Fsp3) is 0.100. The molecule has 8 rings (SSSR count). The summed E-state index contributed by atoms with van der Waals surface area (Å²) in [6, 6.07) is 42.4. The van der Waals surface area contributed by atoms with E-state index in [2.05, 4.69) is 73.9 Å². The number of aromatic nitrogens is 2. The van der Waals surface area contributed by atoms with Gasteiger partial charge in [-0.3, -0.25) is 0 Å². The summed E-state index contributed by atoms with van der Waals surface area (Å²) in [4.78, 5) is 8.61. The molecule has 5 nitrogen and oxygen atoms in total. The van der Waals surface area contributed by atoms with Gasteiger partial charge in [0, 0.05) is 61.3 Å². The number of hydrogen-bond acceptors (Lipinski definition) is 4. The smallest absolute Gasteiger partial charge is 0.144 e. The van der Waals surface area contributed by atoms with Gasteiger partial charge in [0.2, 0.25) is 0 Å². The molecule has 0 saturated heterocycles. The third-order valence-electron chi connectivity index (χ3n) is 8.43. The molecule has 7 heteroatoms. The number of pyridine rings is 1. The Hall–Kier alpha value is -4.93. The van der Waals surface area contributed by atoms with Crippen LogP contribution in [-0.4, -0.2) is 9.55 Å². The van der Waals surface area contributed by atoms with E-state index in [0.717, 1.165) is 55.8 Å². The summed E-state index contributed by atoms with van der Waals surface area (Å²) in [5.41, 5.74) is 7.26. The van der Waals surface area contributed by atoms with E-state index in [1.807, 2.05) is 77.3 Å². The summed E-state index contributed by atoms with van der Waals surface area (Å²) < 4.78 is 23.6. The number of hydrogen-bond donors (Lipinski definition) is 0. The Bertz CT molecular complexity index is 2260. The zero-order chi connectivity index (χ0) is 31.4. The van der Waals surface area contributed by atoms with Crippen molar-refractivity contribution in [3.63, 3.8) is 0 Å². The van der Waals surface area contributed by atoms with Crippen LogP contribution in [0.4, 0.5) is 27.1 Å². The molecule has 47 heavy (non-hydrogen) atoms. The van der Waals surface area contributed by atoms with Crippen LogP contribution in [0.15, 0.2) is 115 Å². The van der Waals surface area contributed by atoms with Crippen molar-refractivity contribution in [1.29, 1.82) is 0 Å². The van der Waals surface area contributed by atoms with Gasteiger partial charge in [0.25, 0.3) is 0 Å². The van der Waals surface area contributed by atoms with Crippen LogP contribution in [0.3, 0.4) is 0 Å². The molecule has 2 aromatic heterocycles. The minimum Gasteiger partial charge on any atom is -0.509 e. The second kappa shape index (κ2) is 12.3. The fourth-order valence-electron chi connectivity index (χ4n) is 6.14. The maximum atomic E-state index is 15.0. The predicted octanol–water partition coefficient (Wildman–Crippen LogP) is 10.5. The summed E-state index contributed by atoms with van der Waals surface area (Å²) in [7, 11) is 0. The van der Waals surface area contributed by atoms with Crippen molar-refractivity contribution in [1.82, 2.24) is 9.55 Å². The van der Waals surface area contributed by atoms with Gasteiger partial charge in [-0.2, -0.15) is 6.07 Å². The first kappa shape index (κ1) is 30.7. The van der Waals surface area contributed by atoms with E-state index < -0.39 is 0 Å². The molecule has 0 N–H and O–H groups in total. The number of rotatable bonds is 6. The summed E-state index contributed by atoms with van der Waals surface area (Å²) in [6.07, 6.45) is 1.83. The molecule has 236 valence electrons. The summed E-state index contributed by atoms with van der Waals surface area (Å²) in [5, 5.41) is 2.20. The Kier molecular flexibility index (Phi) is 8.07. The van der Waals surface area contributed by atoms with Gasteiger partial charge < -0.3 is 19.1 Å². The van der Waals surface area contributed by atoms with E-state index in [-0.39, 0.29) is 32.8 Å². The first-order valence-electron chi connectivity index (χ1n) is 15.4. The van der Waals surface area contributed by atoms with Crippen molar-refractivity contribution < 1.29 is 30.2 Å². The van der Waals surface area contributed by atoms with Crippen molar-refractivity contribution in [2.75, 3.05) is 9.80 Å². The van der Waals surface area contributed by atoms with Crippen LogP contribution in [0.5, 0.6) is 11.5 Å². The maximum absolute atomic E-state index is 15.0. The van der Waals surface area contributed by atoms with Crippen molar-refractivity contribution in [2.24, 2.45) is 0 Å². The number of para-hydroxylation sites is 4. The molecule has 0 bridgehead atoms. The Morgan fingerprint density at radius 1 is 0.745 bits per heavy atom. The fourth-order valence-corrected chi connectivity index (χ4v) is 6.14. The minimum absolute atomic E-state index is 0. The number of anilines is 4. The molecular weight excluding hydrogens is 767 g/mol. The van der Waals surface area contributed by atoms with Gasteiger partial charge >= 0.3 is 0 Å². The van der Waals surface area contributed by atoms with E-state index in [0.29, 0.717) is 17.2 Å². The van der Waals surface area contributed by atoms with Gasteiger partial charge in [0.1, 0.15) is 11.6 Å². The summed E-state index contributed by atoms with van der Waals surface area (Å²) >= 11 is 0. The molecule has 3 heterocycles. The van der Waals surface area contributed by atoms with Gasteiger partial charge in [-0.15, -0.1) is 53.6 Å². The zero-order valence-corrected chi connectivity index (χ0v) is 28.3. The van der Waals surface area contributed by atoms with Crippen LogP contribution in [0, 0.1) is 31.5 Å². The SMILES string of the molecule is Cc1ccnc(-n2c3[c-]c(Oc4[c-]c(N5[CH-]N(c6ccccc6F)c6ccccc65)cc(C(C)C)c4)ccc3c3ccccc32)c1.[Pt]. The van der Waals surface area contributed by atoms with Crippen LogP contribution in [-0.2, 0) is 21.1 Å². The van der Waals surface area contributed by atoms with Gasteiger partial charge in [0.15, 0.2) is 0 Å². The second-order valence-corrected chi connectivity index (χ2v) is 11.8. The molecule has 0 atom stereocenters. The van der Waals surface area contributed by atoms with Gasteiger partial charge in [0.05, 0.1) is 0 Å². The first-order valence-corrected chi connectivity index (χ1v) is 15.4. The van der Waals surface area contributed by atoms with E-state index in [9.17, 15) is 4.39 Å². The van der Waals surface area contributed by atoms with Gasteiger partial charge in [-0.05, 0) is 66.3 Å². The molecule has 7 aromatic rings. The van der Waals surface area contributed by atoms with Crippen molar-refractivity contribution in [3.8, 4) is 17.3 Å². The number of halogens is 1. The summed E-state index contributed by atoms with van der Waals surface area (Å²) in [5.74, 6) is 1.92. The largest absolute Gasteiger partial charge is 0.509 e. The van der Waals surface area contributed by atoms with Crippen LogP contribution in [0.1, 0.15) is 30.9 Å². The molecule has 5 aromatic carbocycles. The topological polar surface area (TPSA) is 33.5 Å². The number of nitrogens with zero attached hydrogens (tertiary/aromatic N) is 4. The van der Waals surface area contributed by atoms with Crippen LogP contribution in [0.25, 0.3) is 27.6 Å². The average Bonchev–Trinajstić information content (AvgIpc) is 3.61. The molecule has 0 aliphatic carbocycles. The van der Waals surface area contributed by atoms with Crippen molar-refractivity contribution in [2.45, 2.75) is 26.7 Å².